The van der Waals surface area contributed by atoms with E-state index in [0.29, 0.717) is 31.3 Å². The number of nitrogens with one attached hydrogen (secondary N) is 7. The summed E-state index contributed by atoms with van der Waals surface area (Å²) >= 11 is 0. The molecule has 0 amide bonds. The van der Waals surface area contributed by atoms with Crippen molar-refractivity contribution >= 4 is 0 Å². The van der Waals surface area contributed by atoms with Crippen molar-refractivity contribution < 1.29 is 22.3 Å². The fourth-order valence-corrected chi connectivity index (χ4v) is 5.22. The molecule has 4 fully saturated rings. The molecule has 0 aromatic carbocycles. The van der Waals surface area contributed by atoms with Gasteiger partial charge in [0, 0.05) is 18.6 Å². The molecule has 2 aliphatic carbocycles. The summed E-state index contributed by atoms with van der Waals surface area (Å²) in [5.41, 5.74) is 6.26. The lowest BCUT2D eigenvalue weighted by Gasteiger charge is -2.42. The SMILES string of the molecule is FC1CCC(CNC2NC(NC3CCCC(N4CNNC4)C3)NC(OCC(F)(F)F)N2)CC1. The number of hydrogen-bond donors (Lipinski definition) is 7. The number of alkyl halides is 4. The third kappa shape index (κ3) is 8.22. The second kappa shape index (κ2) is 11.9. The molecule has 2 heterocycles. The zero-order chi connectivity index (χ0) is 23.3. The maximum atomic E-state index is 13.4. The van der Waals surface area contributed by atoms with Gasteiger partial charge in [-0.15, -0.1) is 0 Å². The second-order valence-electron chi connectivity index (χ2n) is 9.64. The Labute approximate surface area is 192 Å². The van der Waals surface area contributed by atoms with E-state index in [-0.39, 0.29) is 6.04 Å². The highest BCUT2D eigenvalue weighted by atomic mass is 19.4. The standard InChI is InChI=1S/C20H38F4N8O/c21-14-6-4-13(5-7-14)9-25-17-29-18(31-19(30-17)33-10-20(22,23)24)28-15-2-1-3-16(8-15)32-11-26-27-12-32/h13-19,25-31H,1-12H2. The topological polar surface area (TPSA) is 96.7 Å². The van der Waals surface area contributed by atoms with Crippen molar-refractivity contribution in [3.8, 4) is 0 Å². The van der Waals surface area contributed by atoms with Crippen LogP contribution in [0.25, 0.3) is 0 Å². The van der Waals surface area contributed by atoms with Gasteiger partial charge >= 0.3 is 6.18 Å². The maximum absolute atomic E-state index is 13.4. The van der Waals surface area contributed by atoms with E-state index in [1.807, 2.05) is 0 Å². The van der Waals surface area contributed by atoms with Gasteiger partial charge in [-0.25, -0.2) is 15.2 Å². The normalized spacial score (nSPS) is 39.1. The van der Waals surface area contributed by atoms with Crippen LogP contribution in [-0.2, 0) is 4.74 Å². The van der Waals surface area contributed by atoms with Gasteiger partial charge < -0.3 is 4.74 Å². The summed E-state index contributed by atoms with van der Waals surface area (Å²) in [6.45, 7) is 0.949. The van der Waals surface area contributed by atoms with Gasteiger partial charge in [-0.3, -0.25) is 31.5 Å². The predicted molar refractivity (Wildman–Crippen MR) is 115 cm³/mol. The maximum Gasteiger partial charge on any atom is 0.411 e. The molecule has 0 radical (unpaired) electrons. The minimum Gasteiger partial charge on any atom is -0.340 e. The van der Waals surface area contributed by atoms with E-state index < -0.39 is 37.9 Å². The molecule has 192 valence electrons. The highest BCUT2D eigenvalue weighted by molar-refractivity contribution is 4.88. The van der Waals surface area contributed by atoms with Gasteiger partial charge in [-0.05, 0) is 50.9 Å². The number of nitrogens with zero attached hydrogens (tertiary/aromatic N) is 1. The van der Waals surface area contributed by atoms with E-state index in [0.717, 1.165) is 51.9 Å². The van der Waals surface area contributed by atoms with E-state index in [1.165, 1.54) is 0 Å². The largest absolute Gasteiger partial charge is 0.411 e. The van der Waals surface area contributed by atoms with Crippen molar-refractivity contribution in [2.75, 3.05) is 26.5 Å². The van der Waals surface area contributed by atoms with E-state index >= 15 is 0 Å². The number of rotatable bonds is 8. The highest BCUT2D eigenvalue weighted by Crippen LogP contribution is 2.26. The van der Waals surface area contributed by atoms with Crippen molar-refractivity contribution in [1.29, 1.82) is 0 Å². The van der Waals surface area contributed by atoms with Gasteiger partial charge in [0.2, 0.25) is 0 Å². The molecule has 5 atom stereocenters. The summed E-state index contributed by atoms with van der Waals surface area (Å²) in [5.74, 6) is 0.359. The first-order valence-electron chi connectivity index (χ1n) is 12.1. The monoisotopic (exact) mass is 482 g/mol. The van der Waals surface area contributed by atoms with E-state index in [2.05, 4.69) is 42.3 Å². The molecule has 33 heavy (non-hydrogen) atoms. The minimum atomic E-state index is -4.40. The van der Waals surface area contributed by atoms with Crippen molar-refractivity contribution in [1.82, 2.24) is 42.3 Å². The zero-order valence-electron chi connectivity index (χ0n) is 18.9. The highest BCUT2D eigenvalue weighted by Gasteiger charge is 2.35. The molecule has 4 rings (SSSR count). The molecule has 0 aromatic heterocycles. The predicted octanol–water partition coefficient (Wildman–Crippen LogP) is 0.542. The van der Waals surface area contributed by atoms with Crippen LogP contribution >= 0.6 is 0 Å². The Morgan fingerprint density at radius 2 is 1.64 bits per heavy atom. The molecule has 2 saturated carbocycles. The summed E-state index contributed by atoms with van der Waals surface area (Å²) < 4.78 is 56.6. The van der Waals surface area contributed by atoms with Crippen molar-refractivity contribution in [3.63, 3.8) is 0 Å². The van der Waals surface area contributed by atoms with E-state index in [9.17, 15) is 17.6 Å². The Kier molecular flexibility index (Phi) is 9.15. The molecular formula is C20H38F4N8O. The van der Waals surface area contributed by atoms with Crippen LogP contribution in [0, 0.1) is 5.92 Å². The van der Waals surface area contributed by atoms with Crippen molar-refractivity contribution in [3.05, 3.63) is 0 Å². The Morgan fingerprint density at radius 3 is 2.36 bits per heavy atom. The molecule has 7 N–H and O–H groups in total. The van der Waals surface area contributed by atoms with Gasteiger partial charge in [0.15, 0.2) is 6.35 Å². The molecule has 13 heteroatoms. The summed E-state index contributed by atoms with van der Waals surface area (Å²) in [6.07, 6.45) is 0.0695. The van der Waals surface area contributed by atoms with Crippen LogP contribution < -0.4 is 37.4 Å². The third-order valence-corrected chi connectivity index (χ3v) is 7.02. The Hall–Kier alpha value is -0.640. The fraction of sp³-hybridized carbons (Fsp3) is 1.00. The number of hydrogen-bond acceptors (Lipinski definition) is 9. The lowest BCUT2D eigenvalue weighted by Crippen LogP contribution is -2.76. The van der Waals surface area contributed by atoms with Crippen LogP contribution in [0.1, 0.15) is 51.4 Å². The number of halogens is 4. The van der Waals surface area contributed by atoms with Gasteiger partial charge in [0.25, 0.3) is 0 Å². The van der Waals surface area contributed by atoms with Crippen molar-refractivity contribution in [2.45, 2.75) is 94.7 Å². The minimum absolute atomic E-state index is 0.233. The quantitative estimate of drug-likeness (QED) is 0.250. The first kappa shape index (κ1) is 25.5. The average molecular weight is 483 g/mol. The molecule has 2 saturated heterocycles. The van der Waals surface area contributed by atoms with Crippen LogP contribution in [0.5, 0.6) is 0 Å². The molecule has 5 unspecified atom stereocenters. The van der Waals surface area contributed by atoms with Crippen LogP contribution in [0.2, 0.25) is 0 Å². The molecule has 0 bridgehead atoms. The fourth-order valence-electron chi connectivity index (χ4n) is 5.22. The lowest BCUT2D eigenvalue weighted by atomic mass is 9.88. The first-order chi connectivity index (χ1) is 15.8. The summed E-state index contributed by atoms with van der Waals surface area (Å²) in [5, 5.41) is 16.3. The number of hydrazine groups is 1. The summed E-state index contributed by atoms with van der Waals surface area (Å²) in [6, 6.07) is 0.688. The van der Waals surface area contributed by atoms with Crippen molar-refractivity contribution in [2.24, 2.45) is 5.92 Å². The van der Waals surface area contributed by atoms with E-state index in [1.54, 1.807) is 0 Å². The Morgan fingerprint density at radius 1 is 0.909 bits per heavy atom. The molecule has 2 aliphatic heterocycles. The van der Waals surface area contributed by atoms with Gasteiger partial charge in [0.1, 0.15) is 25.4 Å². The van der Waals surface area contributed by atoms with Gasteiger partial charge in [-0.1, -0.05) is 6.42 Å². The molecular weight excluding hydrogens is 444 g/mol. The summed E-state index contributed by atoms with van der Waals surface area (Å²) in [4.78, 5) is 2.36. The molecule has 0 aromatic rings. The Balaban J connectivity index is 1.29. The van der Waals surface area contributed by atoms with Crippen LogP contribution in [-0.4, -0.2) is 74.8 Å². The van der Waals surface area contributed by atoms with Crippen LogP contribution in [0.15, 0.2) is 0 Å². The lowest BCUT2D eigenvalue weighted by molar-refractivity contribution is -0.199. The van der Waals surface area contributed by atoms with Gasteiger partial charge in [0.05, 0.1) is 13.3 Å². The number of ether oxygens (including phenoxy) is 1. The van der Waals surface area contributed by atoms with Crippen LogP contribution in [0.3, 0.4) is 0 Å². The molecule has 4 aliphatic rings. The zero-order valence-corrected chi connectivity index (χ0v) is 18.9. The summed E-state index contributed by atoms with van der Waals surface area (Å²) in [7, 11) is 0. The smallest absolute Gasteiger partial charge is 0.340 e. The Bertz CT molecular complexity index is 589. The molecule has 9 nitrogen and oxygen atoms in total. The van der Waals surface area contributed by atoms with Gasteiger partial charge in [-0.2, -0.15) is 13.2 Å². The van der Waals surface area contributed by atoms with Crippen LogP contribution in [0.4, 0.5) is 17.6 Å². The molecule has 0 spiro atoms. The first-order valence-corrected chi connectivity index (χ1v) is 12.1. The third-order valence-electron chi connectivity index (χ3n) is 7.02. The second-order valence-corrected chi connectivity index (χ2v) is 9.64. The van der Waals surface area contributed by atoms with E-state index in [4.69, 9.17) is 4.74 Å². The average Bonchev–Trinajstić information content (AvgIpc) is 3.32.